The molecule has 1 aromatic rings. The van der Waals surface area contributed by atoms with Gasteiger partial charge in [-0.1, -0.05) is 0 Å². The van der Waals surface area contributed by atoms with Crippen LogP contribution in [0.3, 0.4) is 0 Å². The molecule has 0 aliphatic rings. The number of nitrogens with zero attached hydrogens (tertiary/aromatic N) is 2. The van der Waals surface area contributed by atoms with Crippen molar-refractivity contribution in [3.8, 4) is 17.9 Å². The Morgan fingerprint density at radius 3 is 2.33 bits per heavy atom. The molecule has 4 nitrogen and oxygen atoms in total. The second-order valence-electron chi connectivity index (χ2n) is 3.12. The zero-order chi connectivity index (χ0) is 13.5. The highest BCUT2D eigenvalue weighted by atomic mass is 19.1. The fraction of sp³-hybridized carbons (Fsp3) is 0.167. The summed E-state index contributed by atoms with van der Waals surface area (Å²) >= 11 is 0. The van der Waals surface area contributed by atoms with Crippen LogP contribution in [-0.2, 0) is 0 Å². The largest absolute Gasteiger partial charge is 0.494 e. The molecule has 0 saturated heterocycles. The van der Waals surface area contributed by atoms with Crippen molar-refractivity contribution >= 4 is 5.69 Å². The Morgan fingerprint density at radius 1 is 1.33 bits per heavy atom. The van der Waals surface area contributed by atoms with Gasteiger partial charge in [-0.3, -0.25) is 0 Å². The van der Waals surface area contributed by atoms with Gasteiger partial charge in [-0.05, 0) is 6.92 Å². The second kappa shape index (κ2) is 6.21. The van der Waals surface area contributed by atoms with E-state index in [9.17, 15) is 8.78 Å². The standard InChI is InChI=1S/C12H9F2N3O/c1-2-18-9-3-10(13)12(11(14)4-9)17-7-8(5-15)6-16/h3-4,7,17H,2H2,1H3. The molecule has 0 unspecified atom stereocenters. The van der Waals surface area contributed by atoms with Crippen molar-refractivity contribution < 1.29 is 13.5 Å². The first-order valence-electron chi connectivity index (χ1n) is 5.01. The quantitative estimate of drug-likeness (QED) is 0.833. The second-order valence-corrected chi connectivity index (χ2v) is 3.12. The number of nitriles is 2. The normalized spacial score (nSPS) is 8.94. The van der Waals surface area contributed by atoms with E-state index in [1.807, 2.05) is 0 Å². The number of benzene rings is 1. The Bertz CT molecular complexity index is 516. The van der Waals surface area contributed by atoms with Gasteiger partial charge in [0.25, 0.3) is 0 Å². The minimum atomic E-state index is -0.870. The average Bonchev–Trinajstić information content (AvgIpc) is 2.33. The van der Waals surface area contributed by atoms with E-state index in [2.05, 4.69) is 5.32 Å². The van der Waals surface area contributed by atoms with Gasteiger partial charge in [0.1, 0.15) is 29.1 Å². The van der Waals surface area contributed by atoms with Crippen LogP contribution in [-0.4, -0.2) is 6.61 Å². The van der Waals surface area contributed by atoms with Crippen LogP contribution in [0.4, 0.5) is 14.5 Å². The Labute approximate surface area is 103 Å². The van der Waals surface area contributed by atoms with E-state index in [1.54, 1.807) is 19.1 Å². The van der Waals surface area contributed by atoms with Crippen molar-refractivity contribution in [2.45, 2.75) is 6.92 Å². The van der Waals surface area contributed by atoms with Gasteiger partial charge in [0, 0.05) is 18.3 Å². The maximum atomic E-state index is 13.5. The molecular weight excluding hydrogens is 240 g/mol. The van der Waals surface area contributed by atoms with E-state index in [0.717, 1.165) is 18.3 Å². The number of anilines is 1. The van der Waals surface area contributed by atoms with Crippen molar-refractivity contribution in [2.24, 2.45) is 0 Å². The summed E-state index contributed by atoms with van der Waals surface area (Å²) < 4.78 is 32.0. The number of hydrogen-bond donors (Lipinski definition) is 1. The Balaban J connectivity index is 3.02. The van der Waals surface area contributed by atoms with E-state index in [-0.39, 0.29) is 11.3 Å². The number of hydrogen-bond acceptors (Lipinski definition) is 4. The Morgan fingerprint density at radius 2 is 1.89 bits per heavy atom. The van der Waals surface area contributed by atoms with Gasteiger partial charge in [0.15, 0.2) is 11.6 Å². The molecule has 0 aromatic heterocycles. The van der Waals surface area contributed by atoms with E-state index in [1.165, 1.54) is 0 Å². The topological polar surface area (TPSA) is 68.8 Å². The summed E-state index contributed by atoms with van der Waals surface area (Å²) in [6.45, 7) is 1.98. The molecule has 0 amide bonds. The van der Waals surface area contributed by atoms with Crippen molar-refractivity contribution in [1.29, 1.82) is 10.5 Å². The lowest BCUT2D eigenvalue weighted by atomic mass is 10.2. The van der Waals surface area contributed by atoms with E-state index < -0.39 is 17.3 Å². The number of halogens is 2. The van der Waals surface area contributed by atoms with E-state index in [0.29, 0.717) is 6.61 Å². The molecule has 6 heteroatoms. The minimum absolute atomic E-state index is 0.0721. The summed E-state index contributed by atoms with van der Waals surface area (Å²) in [5.74, 6) is -1.67. The van der Waals surface area contributed by atoms with Gasteiger partial charge < -0.3 is 10.1 Å². The van der Waals surface area contributed by atoms with Crippen LogP contribution >= 0.6 is 0 Å². The third-order valence-corrected chi connectivity index (χ3v) is 1.93. The molecule has 1 rings (SSSR count). The molecule has 92 valence electrons. The van der Waals surface area contributed by atoms with Gasteiger partial charge >= 0.3 is 0 Å². The lowest BCUT2D eigenvalue weighted by molar-refractivity contribution is 0.336. The molecule has 1 aromatic carbocycles. The van der Waals surface area contributed by atoms with Crippen LogP contribution in [0.1, 0.15) is 6.92 Å². The third kappa shape index (κ3) is 3.19. The van der Waals surface area contributed by atoms with Crippen LogP contribution in [0.25, 0.3) is 0 Å². The van der Waals surface area contributed by atoms with E-state index >= 15 is 0 Å². The van der Waals surface area contributed by atoms with Crippen LogP contribution in [0.5, 0.6) is 5.75 Å². The first kappa shape index (κ1) is 13.5. The van der Waals surface area contributed by atoms with Gasteiger partial charge in [-0.2, -0.15) is 10.5 Å². The molecule has 0 aliphatic heterocycles. The lowest BCUT2D eigenvalue weighted by Crippen LogP contribution is -2.00. The van der Waals surface area contributed by atoms with Crippen LogP contribution in [0, 0.1) is 34.3 Å². The monoisotopic (exact) mass is 249 g/mol. The zero-order valence-corrected chi connectivity index (χ0v) is 9.50. The highest BCUT2D eigenvalue weighted by Gasteiger charge is 2.11. The van der Waals surface area contributed by atoms with Gasteiger partial charge in [0.2, 0.25) is 0 Å². The van der Waals surface area contributed by atoms with E-state index in [4.69, 9.17) is 15.3 Å². The highest BCUT2D eigenvalue weighted by Crippen LogP contribution is 2.25. The first-order chi connectivity index (χ1) is 8.62. The molecule has 0 aliphatic carbocycles. The Hall–Kier alpha value is -2.60. The van der Waals surface area contributed by atoms with Crippen molar-refractivity contribution in [3.63, 3.8) is 0 Å². The molecule has 0 spiro atoms. The number of nitrogens with one attached hydrogen (secondary N) is 1. The van der Waals surface area contributed by atoms with Gasteiger partial charge in [-0.25, -0.2) is 8.78 Å². The van der Waals surface area contributed by atoms with Gasteiger partial charge in [0.05, 0.1) is 6.61 Å². The molecule has 0 heterocycles. The van der Waals surface area contributed by atoms with Crippen molar-refractivity contribution in [2.75, 3.05) is 11.9 Å². The summed E-state index contributed by atoms with van der Waals surface area (Å²) in [5.41, 5.74) is -0.732. The van der Waals surface area contributed by atoms with Crippen LogP contribution < -0.4 is 10.1 Å². The molecule has 0 saturated carbocycles. The summed E-state index contributed by atoms with van der Waals surface area (Å²) in [5, 5.41) is 19.2. The maximum Gasteiger partial charge on any atom is 0.153 e. The Kier molecular flexibility index (Phi) is 4.65. The SMILES string of the molecule is CCOc1cc(F)c(NC=C(C#N)C#N)c(F)c1. The highest BCUT2D eigenvalue weighted by molar-refractivity contribution is 5.53. The summed E-state index contributed by atoms with van der Waals surface area (Å²) in [6, 6.07) is 5.15. The summed E-state index contributed by atoms with van der Waals surface area (Å²) in [4.78, 5) is 0. The third-order valence-electron chi connectivity index (χ3n) is 1.93. The molecule has 0 atom stereocenters. The van der Waals surface area contributed by atoms with Gasteiger partial charge in [-0.15, -0.1) is 0 Å². The lowest BCUT2D eigenvalue weighted by Gasteiger charge is -2.08. The number of rotatable bonds is 4. The smallest absolute Gasteiger partial charge is 0.153 e. The van der Waals surface area contributed by atoms with Crippen LogP contribution in [0.2, 0.25) is 0 Å². The first-order valence-corrected chi connectivity index (χ1v) is 5.01. The molecule has 18 heavy (non-hydrogen) atoms. The van der Waals surface area contributed by atoms with Crippen molar-refractivity contribution in [3.05, 3.63) is 35.5 Å². The fourth-order valence-corrected chi connectivity index (χ4v) is 1.17. The molecule has 0 fully saturated rings. The summed E-state index contributed by atoms with van der Waals surface area (Å²) in [6.07, 6.45) is 0.932. The van der Waals surface area contributed by atoms with Crippen LogP contribution in [0.15, 0.2) is 23.9 Å². The minimum Gasteiger partial charge on any atom is -0.494 e. The number of allylic oxidation sites excluding steroid dienone is 1. The molecular formula is C12H9F2N3O. The predicted octanol–water partition coefficient (Wildman–Crippen LogP) is 2.71. The summed E-state index contributed by atoms with van der Waals surface area (Å²) in [7, 11) is 0. The number of ether oxygens (including phenoxy) is 1. The van der Waals surface area contributed by atoms with Crippen molar-refractivity contribution in [1.82, 2.24) is 0 Å². The maximum absolute atomic E-state index is 13.5. The fourth-order valence-electron chi connectivity index (χ4n) is 1.17. The molecule has 0 radical (unpaired) electrons. The predicted molar refractivity (Wildman–Crippen MR) is 60.5 cm³/mol. The average molecular weight is 249 g/mol. The molecule has 1 N–H and O–H groups in total. The molecule has 0 bridgehead atoms. The zero-order valence-electron chi connectivity index (χ0n) is 9.50.